The van der Waals surface area contributed by atoms with E-state index in [1.54, 1.807) is 6.07 Å². The smallest absolute Gasteiger partial charge is 0.127 e. The van der Waals surface area contributed by atoms with E-state index in [-0.39, 0.29) is 17.4 Å². The molecule has 0 aromatic heterocycles. The Bertz CT molecular complexity index is 413. The van der Waals surface area contributed by atoms with E-state index < -0.39 is 0 Å². The Labute approximate surface area is 115 Å². The van der Waals surface area contributed by atoms with Crippen LogP contribution in [0.1, 0.15) is 50.6 Å². The fraction of sp³-hybridized carbons (Fsp3) is 0.625. The van der Waals surface area contributed by atoms with Gasteiger partial charge in [0.1, 0.15) is 5.82 Å². The molecule has 3 heteroatoms. The molecule has 1 saturated carbocycles. The molecule has 0 bridgehead atoms. The van der Waals surface area contributed by atoms with Crippen LogP contribution < -0.4 is 5.73 Å². The summed E-state index contributed by atoms with van der Waals surface area (Å²) in [5.41, 5.74) is 7.14. The van der Waals surface area contributed by atoms with Gasteiger partial charge in [-0.25, -0.2) is 4.39 Å². The van der Waals surface area contributed by atoms with Gasteiger partial charge in [-0.2, -0.15) is 0 Å². The molecule has 1 fully saturated rings. The number of rotatable bonds is 4. The standard InChI is InChI=1S/C16H25FN2/c1-13(14-8-4-5-9-15(14)17)19(2)12-16(18)10-6-3-7-11-16/h4-5,8-9,13H,3,6-7,10-12,18H2,1-2H3. The molecule has 1 aliphatic rings. The molecule has 0 spiro atoms. The highest BCUT2D eigenvalue weighted by Gasteiger charge is 2.30. The van der Waals surface area contributed by atoms with Gasteiger partial charge in [-0.15, -0.1) is 0 Å². The molecular formula is C16H25FN2. The fourth-order valence-electron chi connectivity index (χ4n) is 3.10. The van der Waals surface area contributed by atoms with E-state index in [2.05, 4.69) is 4.90 Å². The molecule has 0 aliphatic heterocycles. The zero-order valence-corrected chi connectivity index (χ0v) is 12.0. The van der Waals surface area contributed by atoms with Crippen molar-refractivity contribution in [3.63, 3.8) is 0 Å². The normalized spacial score (nSPS) is 20.5. The third-order valence-corrected chi connectivity index (χ3v) is 4.43. The van der Waals surface area contributed by atoms with Crippen molar-refractivity contribution in [2.75, 3.05) is 13.6 Å². The van der Waals surface area contributed by atoms with Crippen LogP contribution in [0, 0.1) is 5.82 Å². The first-order chi connectivity index (χ1) is 9.02. The van der Waals surface area contributed by atoms with Gasteiger partial charge in [0, 0.05) is 23.7 Å². The molecular weight excluding hydrogens is 239 g/mol. The van der Waals surface area contributed by atoms with Crippen LogP contribution >= 0.6 is 0 Å². The molecule has 1 atom stereocenters. The fourth-order valence-corrected chi connectivity index (χ4v) is 3.10. The minimum absolute atomic E-state index is 0.0588. The van der Waals surface area contributed by atoms with Gasteiger partial charge in [-0.3, -0.25) is 4.90 Å². The number of likely N-dealkylation sites (N-methyl/N-ethyl adjacent to an activating group) is 1. The predicted molar refractivity (Wildman–Crippen MR) is 77.4 cm³/mol. The Morgan fingerprint density at radius 3 is 2.53 bits per heavy atom. The van der Waals surface area contributed by atoms with Crippen molar-refractivity contribution < 1.29 is 4.39 Å². The van der Waals surface area contributed by atoms with E-state index in [0.717, 1.165) is 24.9 Å². The zero-order valence-electron chi connectivity index (χ0n) is 12.0. The summed E-state index contributed by atoms with van der Waals surface area (Å²) in [6.07, 6.45) is 5.91. The molecule has 19 heavy (non-hydrogen) atoms. The van der Waals surface area contributed by atoms with Crippen molar-refractivity contribution >= 4 is 0 Å². The maximum Gasteiger partial charge on any atom is 0.127 e. The minimum Gasteiger partial charge on any atom is -0.324 e. The SMILES string of the molecule is CC(c1ccccc1F)N(C)CC1(N)CCCCC1. The van der Waals surface area contributed by atoms with Crippen molar-refractivity contribution in [2.45, 2.75) is 50.6 Å². The van der Waals surface area contributed by atoms with Gasteiger partial charge in [-0.1, -0.05) is 37.5 Å². The third-order valence-electron chi connectivity index (χ3n) is 4.43. The predicted octanol–water partition coefficient (Wildman–Crippen LogP) is 3.48. The van der Waals surface area contributed by atoms with Crippen molar-refractivity contribution in [2.24, 2.45) is 5.73 Å². The average molecular weight is 264 g/mol. The topological polar surface area (TPSA) is 29.3 Å². The number of nitrogens with zero attached hydrogens (tertiary/aromatic N) is 1. The molecule has 2 nitrogen and oxygen atoms in total. The second-order valence-electron chi connectivity index (χ2n) is 6.04. The zero-order chi connectivity index (χ0) is 13.9. The minimum atomic E-state index is -0.128. The number of hydrogen-bond donors (Lipinski definition) is 1. The highest BCUT2D eigenvalue weighted by Crippen LogP contribution is 2.29. The van der Waals surface area contributed by atoms with Crippen LogP contribution in [0.5, 0.6) is 0 Å². The Morgan fingerprint density at radius 1 is 1.26 bits per heavy atom. The lowest BCUT2D eigenvalue weighted by molar-refractivity contribution is 0.163. The summed E-state index contributed by atoms with van der Waals surface area (Å²) < 4.78 is 13.8. The summed E-state index contributed by atoms with van der Waals surface area (Å²) >= 11 is 0. The molecule has 0 radical (unpaired) electrons. The highest BCUT2D eigenvalue weighted by molar-refractivity contribution is 5.20. The molecule has 0 heterocycles. The Kier molecular flexibility index (Phi) is 4.58. The third kappa shape index (κ3) is 3.54. The second kappa shape index (κ2) is 6.02. The summed E-state index contributed by atoms with van der Waals surface area (Å²) in [4.78, 5) is 2.18. The first kappa shape index (κ1) is 14.5. The number of halogens is 1. The van der Waals surface area contributed by atoms with Crippen molar-refractivity contribution in [3.05, 3.63) is 35.6 Å². The number of benzene rings is 1. The lowest BCUT2D eigenvalue weighted by atomic mass is 9.82. The molecule has 106 valence electrons. The van der Waals surface area contributed by atoms with Crippen LogP contribution in [0.2, 0.25) is 0 Å². The number of hydrogen-bond acceptors (Lipinski definition) is 2. The average Bonchev–Trinajstić information content (AvgIpc) is 2.39. The Morgan fingerprint density at radius 2 is 1.89 bits per heavy atom. The Hall–Kier alpha value is -0.930. The summed E-state index contributed by atoms with van der Waals surface area (Å²) in [5, 5.41) is 0. The molecule has 2 rings (SSSR count). The van der Waals surface area contributed by atoms with Crippen LogP contribution in [0.15, 0.2) is 24.3 Å². The molecule has 1 unspecified atom stereocenters. The first-order valence-electron chi connectivity index (χ1n) is 7.25. The van der Waals surface area contributed by atoms with E-state index in [0.29, 0.717) is 0 Å². The lowest BCUT2D eigenvalue weighted by Gasteiger charge is -2.39. The molecule has 0 saturated heterocycles. The van der Waals surface area contributed by atoms with Gasteiger partial charge in [0.05, 0.1) is 0 Å². The van der Waals surface area contributed by atoms with Crippen molar-refractivity contribution in [3.8, 4) is 0 Å². The largest absolute Gasteiger partial charge is 0.324 e. The van der Waals surface area contributed by atoms with Crippen molar-refractivity contribution in [1.29, 1.82) is 0 Å². The molecule has 1 aromatic rings. The van der Waals surface area contributed by atoms with Gasteiger partial charge in [0.15, 0.2) is 0 Å². The summed E-state index contributed by atoms with van der Waals surface area (Å²) in [5.74, 6) is -0.128. The van der Waals surface area contributed by atoms with Gasteiger partial charge < -0.3 is 5.73 Å². The summed E-state index contributed by atoms with van der Waals surface area (Å²) in [6, 6.07) is 7.07. The summed E-state index contributed by atoms with van der Waals surface area (Å²) in [7, 11) is 2.04. The second-order valence-corrected chi connectivity index (χ2v) is 6.04. The lowest BCUT2D eigenvalue weighted by Crippen LogP contribution is -2.50. The van der Waals surface area contributed by atoms with E-state index in [4.69, 9.17) is 5.73 Å². The van der Waals surface area contributed by atoms with Crippen LogP contribution in [0.25, 0.3) is 0 Å². The first-order valence-corrected chi connectivity index (χ1v) is 7.25. The van der Waals surface area contributed by atoms with E-state index in [1.165, 1.54) is 25.3 Å². The quantitative estimate of drug-likeness (QED) is 0.902. The van der Waals surface area contributed by atoms with E-state index in [9.17, 15) is 4.39 Å². The van der Waals surface area contributed by atoms with Crippen LogP contribution in [0.4, 0.5) is 4.39 Å². The van der Waals surface area contributed by atoms with Gasteiger partial charge in [0.25, 0.3) is 0 Å². The molecule has 1 aromatic carbocycles. The van der Waals surface area contributed by atoms with Gasteiger partial charge >= 0.3 is 0 Å². The van der Waals surface area contributed by atoms with Gasteiger partial charge in [0.2, 0.25) is 0 Å². The van der Waals surface area contributed by atoms with Crippen LogP contribution in [0.3, 0.4) is 0 Å². The van der Waals surface area contributed by atoms with Crippen LogP contribution in [-0.2, 0) is 0 Å². The van der Waals surface area contributed by atoms with E-state index >= 15 is 0 Å². The monoisotopic (exact) mass is 264 g/mol. The highest BCUT2D eigenvalue weighted by atomic mass is 19.1. The van der Waals surface area contributed by atoms with Crippen molar-refractivity contribution in [1.82, 2.24) is 4.90 Å². The van der Waals surface area contributed by atoms with Gasteiger partial charge in [-0.05, 0) is 32.9 Å². The number of nitrogens with two attached hydrogens (primary N) is 1. The maximum absolute atomic E-state index is 13.8. The Balaban J connectivity index is 2.03. The van der Waals surface area contributed by atoms with E-state index in [1.807, 2.05) is 26.1 Å². The summed E-state index contributed by atoms with van der Waals surface area (Å²) in [6.45, 7) is 2.88. The molecule has 0 amide bonds. The molecule has 1 aliphatic carbocycles. The van der Waals surface area contributed by atoms with Crippen LogP contribution in [-0.4, -0.2) is 24.0 Å². The molecule has 2 N–H and O–H groups in total. The maximum atomic E-state index is 13.8.